The van der Waals surface area contributed by atoms with Crippen LogP contribution in [0, 0.1) is 0 Å². The molecule has 3 aromatic rings. The van der Waals surface area contributed by atoms with E-state index >= 15 is 0 Å². The first-order chi connectivity index (χ1) is 12.6. The van der Waals surface area contributed by atoms with Gasteiger partial charge in [-0.15, -0.1) is 11.3 Å². The number of sulfonamides is 1. The van der Waals surface area contributed by atoms with Gasteiger partial charge in [-0.2, -0.15) is 5.10 Å². The van der Waals surface area contributed by atoms with Crippen molar-refractivity contribution in [2.75, 3.05) is 0 Å². The van der Waals surface area contributed by atoms with Crippen LogP contribution in [0.4, 0.5) is 0 Å². The Bertz CT molecular complexity index is 1080. The minimum absolute atomic E-state index is 0.0494. The summed E-state index contributed by atoms with van der Waals surface area (Å²) in [5, 5.41) is 7.55. The molecule has 136 valence electrons. The number of nitrogens with one attached hydrogen (secondary N) is 1. The predicted octanol–water partition coefficient (Wildman–Crippen LogP) is 3.05. The number of hydrogen-bond donors (Lipinski definition) is 1. The number of thiophene rings is 1. The minimum atomic E-state index is -3.58. The first-order valence-corrected chi connectivity index (χ1v) is 11.0. The Morgan fingerprint density at radius 2 is 1.85 bits per heavy atom. The van der Waals surface area contributed by atoms with Gasteiger partial charge in [0.05, 0.1) is 23.7 Å². The summed E-state index contributed by atoms with van der Waals surface area (Å²) in [6.07, 6.45) is 4.05. The van der Waals surface area contributed by atoms with Crippen molar-refractivity contribution in [3.63, 3.8) is 0 Å². The average Bonchev–Trinajstić information content (AvgIpc) is 3.35. The Labute approximate surface area is 155 Å². The van der Waals surface area contributed by atoms with E-state index < -0.39 is 10.0 Å². The maximum atomic E-state index is 12.8. The van der Waals surface area contributed by atoms with E-state index in [2.05, 4.69) is 9.82 Å². The van der Waals surface area contributed by atoms with E-state index in [4.69, 9.17) is 0 Å². The molecule has 1 aromatic carbocycles. The van der Waals surface area contributed by atoms with Crippen molar-refractivity contribution in [2.45, 2.75) is 42.5 Å². The van der Waals surface area contributed by atoms with Crippen molar-refractivity contribution in [3.05, 3.63) is 57.8 Å². The van der Waals surface area contributed by atoms with Crippen LogP contribution >= 0.6 is 11.3 Å². The molecule has 0 radical (unpaired) electrons. The number of hydrogen-bond acceptors (Lipinski definition) is 5. The molecule has 4 rings (SSSR count). The van der Waals surface area contributed by atoms with Crippen LogP contribution in [0.2, 0.25) is 0 Å². The zero-order valence-electron chi connectivity index (χ0n) is 14.1. The summed E-state index contributed by atoms with van der Waals surface area (Å²) in [5.41, 5.74) is 0.476. The zero-order valence-corrected chi connectivity index (χ0v) is 15.7. The van der Waals surface area contributed by atoms with Gasteiger partial charge in [-0.25, -0.2) is 17.8 Å². The lowest BCUT2D eigenvalue weighted by Crippen LogP contribution is -2.30. The normalized spacial score (nSPS) is 15.7. The molecule has 1 aliphatic rings. The summed E-state index contributed by atoms with van der Waals surface area (Å²) < 4.78 is 29.3. The quantitative estimate of drug-likeness (QED) is 0.727. The molecule has 0 aliphatic heterocycles. The Morgan fingerprint density at radius 1 is 1.12 bits per heavy atom. The summed E-state index contributed by atoms with van der Waals surface area (Å²) in [7, 11) is -3.58. The molecule has 1 saturated carbocycles. The number of rotatable bonds is 5. The molecule has 1 N–H and O–H groups in total. The van der Waals surface area contributed by atoms with Gasteiger partial charge >= 0.3 is 0 Å². The van der Waals surface area contributed by atoms with Crippen LogP contribution in [0.15, 0.2) is 50.8 Å². The fourth-order valence-electron chi connectivity index (χ4n) is 3.45. The monoisotopic (exact) mass is 389 g/mol. The van der Waals surface area contributed by atoms with E-state index in [0.717, 1.165) is 25.7 Å². The molecule has 0 saturated heterocycles. The lowest BCUT2D eigenvalue weighted by Gasteiger charge is -2.16. The number of nitrogens with zero attached hydrogens (tertiary/aromatic N) is 2. The molecule has 1 fully saturated rings. The molecule has 2 aromatic heterocycles. The second kappa shape index (κ2) is 6.94. The van der Waals surface area contributed by atoms with Gasteiger partial charge in [0.2, 0.25) is 10.0 Å². The second-order valence-corrected chi connectivity index (χ2v) is 9.38. The summed E-state index contributed by atoms with van der Waals surface area (Å²) >= 11 is 1.17. The third-order valence-corrected chi connectivity index (χ3v) is 7.56. The zero-order chi connectivity index (χ0) is 18.1. The Kier molecular flexibility index (Phi) is 4.64. The Balaban J connectivity index is 1.74. The SMILES string of the molecule is O=c1c2ccccc2c(CNS(=O)(=O)c2cccs2)nn1C1CCCC1. The smallest absolute Gasteiger partial charge is 0.267 e. The van der Waals surface area contributed by atoms with Crippen molar-refractivity contribution in [1.29, 1.82) is 0 Å². The molecular weight excluding hydrogens is 370 g/mol. The average molecular weight is 390 g/mol. The van der Waals surface area contributed by atoms with Crippen molar-refractivity contribution >= 4 is 32.1 Å². The van der Waals surface area contributed by atoms with Crippen LogP contribution < -0.4 is 10.3 Å². The fourth-order valence-corrected chi connectivity index (χ4v) is 5.48. The molecule has 26 heavy (non-hydrogen) atoms. The molecule has 0 spiro atoms. The van der Waals surface area contributed by atoms with Gasteiger partial charge in [0.25, 0.3) is 5.56 Å². The standard InChI is InChI=1S/C18H19N3O3S2/c22-18-15-9-4-3-8-14(15)16(20-21(18)13-6-1-2-7-13)12-19-26(23,24)17-10-5-11-25-17/h3-5,8-11,13,19H,1-2,6-7,12H2. The van der Waals surface area contributed by atoms with E-state index in [1.165, 1.54) is 11.3 Å². The second-order valence-electron chi connectivity index (χ2n) is 6.44. The molecule has 1 aliphatic carbocycles. The highest BCUT2D eigenvalue weighted by Gasteiger charge is 2.22. The fraction of sp³-hybridized carbons (Fsp3) is 0.333. The highest BCUT2D eigenvalue weighted by atomic mass is 32.2. The van der Waals surface area contributed by atoms with Crippen molar-refractivity contribution in [2.24, 2.45) is 0 Å². The summed E-state index contributed by atoms with van der Waals surface area (Å²) in [5.74, 6) is 0. The van der Waals surface area contributed by atoms with Crippen LogP contribution in [0.1, 0.15) is 37.4 Å². The lowest BCUT2D eigenvalue weighted by atomic mass is 10.1. The van der Waals surface area contributed by atoms with Crippen molar-refractivity contribution < 1.29 is 8.42 Å². The maximum absolute atomic E-state index is 12.8. The van der Waals surface area contributed by atoms with Crippen LogP contribution in [0.25, 0.3) is 10.8 Å². The van der Waals surface area contributed by atoms with Crippen molar-refractivity contribution in [3.8, 4) is 0 Å². The molecule has 0 unspecified atom stereocenters. The first-order valence-electron chi connectivity index (χ1n) is 8.60. The molecule has 0 amide bonds. The third-order valence-electron chi connectivity index (χ3n) is 4.77. The van der Waals surface area contributed by atoms with Crippen molar-refractivity contribution in [1.82, 2.24) is 14.5 Å². The molecule has 0 atom stereocenters. The number of fused-ring (bicyclic) bond motifs is 1. The van der Waals surface area contributed by atoms with Gasteiger partial charge in [-0.3, -0.25) is 4.79 Å². The molecule has 2 heterocycles. The van der Waals surface area contributed by atoms with E-state index in [-0.39, 0.29) is 22.4 Å². The highest BCUT2D eigenvalue weighted by molar-refractivity contribution is 7.91. The van der Waals surface area contributed by atoms with Gasteiger partial charge in [0, 0.05) is 5.39 Å². The van der Waals surface area contributed by atoms with Gasteiger partial charge in [-0.1, -0.05) is 37.1 Å². The van der Waals surface area contributed by atoms with Crippen LogP contribution in [0.5, 0.6) is 0 Å². The maximum Gasteiger partial charge on any atom is 0.274 e. The first kappa shape index (κ1) is 17.4. The Hall–Kier alpha value is -2.03. The van der Waals surface area contributed by atoms with Crippen LogP contribution in [-0.4, -0.2) is 18.2 Å². The summed E-state index contributed by atoms with van der Waals surface area (Å²) in [6, 6.07) is 10.6. The molecule has 6 nitrogen and oxygen atoms in total. The van der Waals surface area contributed by atoms with Gasteiger partial charge in [0.15, 0.2) is 0 Å². The van der Waals surface area contributed by atoms with E-state index in [0.29, 0.717) is 16.5 Å². The van der Waals surface area contributed by atoms with E-state index in [9.17, 15) is 13.2 Å². The molecule has 0 bridgehead atoms. The number of benzene rings is 1. The lowest BCUT2D eigenvalue weighted by molar-refractivity contribution is 0.441. The Morgan fingerprint density at radius 3 is 2.54 bits per heavy atom. The minimum Gasteiger partial charge on any atom is -0.267 e. The largest absolute Gasteiger partial charge is 0.274 e. The number of aromatic nitrogens is 2. The molecular formula is C18H19N3O3S2. The third kappa shape index (κ3) is 3.20. The van der Waals surface area contributed by atoms with Gasteiger partial charge in [-0.05, 0) is 30.4 Å². The topological polar surface area (TPSA) is 81.1 Å². The van der Waals surface area contributed by atoms with Crippen LogP contribution in [0.3, 0.4) is 0 Å². The summed E-state index contributed by atoms with van der Waals surface area (Å²) in [4.78, 5) is 12.8. The van der Waals surface area contributed by atoms with Crippen LogP contribution in [-0.2, 0) is 16.6 Å². The molecule has 8 heteroatoms. The van der Waals surface area contributed by atoms with E-state index in [1.807, 2.05) is 18.2 Å². The van der Waals surface area contributed by atoms with Gasteiger partial charge in [0.1, 0.15) is 4.21 Å². The van der Waals surface area contributed by atoms with E-state index in [1.54, 1.807) is 28.3 Å². The summed E-state index contributed by atoms with van der Waals surface area (Å²) in [6.45, 7) is 0.0494. The highest BCUT2D eigenvalue weighted by Crippen LogP contribution is 2.28. The van der Waals surface area contributed by atoms with Gasteiger partial charge < -0.3 is 0 Å². The predicted molar refractivity (Wildman–Crippen MR) is 102 cm³/mol.